The van der Waals surface area contributed by atoms with E-state index in [0.717, 1.165) is 0 Å². The zero-order chi connectivity index (χ0) is 25.7. The number of carboxylic acid groups (broad SMARTS) is 1. The van der Waals surface area contributed by atoms with Crippen LogP contribution in [0.25, 0.3) is 6.08 Å². The van der Waals surface area contributed by atoms with Crippen LogP contribution in [0.1, 0.15) is 36.6 Å². The van der Waals surface area contributed by atoms with E-state index in [-0.39, 0.29) is 16.7 Å². The second-order valence-corrected chi connectivity index (χ2v) is 7.30. The summed E-state index contributed by atoms with van der Waals surface area (Å²) in [5.41, 5.74) is 6.02. The molecule has 2 heterocycles. The normalized spacial score (nSPS) is 13.6. The number of hydrogen-bond acceptors (Lipinski definition) is 6. The number of nitrogens with zero attached hydrogens (tertiary/aromatic N) is 2. The molecule has 1 aliphatic rings. The second-order valence-electron chi connectivity index (χ2n) is 7.30. The van der Waals surface area contributed by atoms with Crippen LogP contribution in [0.3, 0.4) is 0 Å². The molecule has 9 nitrogen and oxygen atoms in total. The van der Waals surface area contributed by atoms with Crippen molar-refractivity contribution in [2.24, 2.45) is 5.73 Å². The molecule has 2 amide bonds. The summed E-state index contributed by atoms with van der Waals surface area (Å²) in [6.45, 7) is 0. The number of methoxy groups -OCH3 is 1. The van der Waals surface area contributed by atoms with Crippen molar-refractivity contribution < 1.29 is 33.4 Å². The van der Waals surface area contributed by atoms with Gasteiger partial charge in [0.1, 0.15) is 5.82 Å². The Balaban J connectivity index is 0.000000261. The highest BCUT2D eigenvalue weighted by atomic mass is 19.1. The highest BCUT2D eigenvalue weighted by Crippen LogP contribution is 2.31. The zero-order valence-corrected chi connectivity index (χ0v) is 18.7. The van der Waals surface area contributed by atoms with Crippen molar-refractivity contribution >= 4 is 35.3 Å². The van der Waals surface area contributed by atoms with Gasteiger partial charge in [0, 0.05) is 24.9 Å². The summed E-state index contributed by atoms with van der Waals surface area (Å²) in [6.07, 6.45) is 2.68. The highest BCUT2D eigenvalue weighted by molar-refractivity contribution is 6.36. The van der Waals surface area contributed by atoms with Gasteiger partial charge in [-0.1, -0.05) is 12.1 Å². The monoisotopic (exact) mass is 477 g/mol. The quantitative estimate of drug-likeness (QED) is 0.435. The lowest BCUT2D eigenvalue weighted by atomic mass is 9.92. The fraction of sp³-hybridized carbons (Fsp3) is 0.0800. The van der Waals surface area contributed by atoms with Crippen molar-refractivity contribution in [2.75, 3.05) is 19.1 Å². The van der Waals surface area contributed by atoms with Crippen LogP contribution >= 0.6 is 0 Å². The molecule has 0 fully saturated rings. The third-order valence-corrected chi connectivity index (χ3v) is 5.02. The number of nitrogens with two attached hydrogens (primary N) is 1. The summed E-state index contributed by atoms with van der Waals surface area (Å²) in [4.78, 5) is 51.8. The lowest BCUT2D eigenvalue weighted by Crippen LogP contribution is -2.36. The number of ether oxygens (including phenoxy) is 1. The van der Waals surface area contributed by atoms with Crippen LogP contribution in [0.15, 0.2) is 66.4 Å². The van der Waals surface area contributed by atoms with Gasteiger partial charge in [-0.05, 0) is 48.0 Å². The van der Waals surface area contributed by atoms with E-state index >= 15 is 0 Å². The predicted octanol–water partition coefficient (Wildman–Crippen LogP) is 2.96. The number of hydrogen-bond donors (Lipinski definition) is 2. The molecule has 1 aliphatic heterocycles. The average Bonchev–Trinajstić information content (AvgIpc) is 2.85. The standard InChI is InChI=1S/C18H12FNO4.C7H8N2O2/c1-20-15-6-5-11(18(23)24)9-13(15)16(21)14(17(20)22)8-10-3-2-4-12(19)7-10;1-11-6-3-2-5(4-9-6)7(8)10/h2-9H,1H3,(H,23,24);2-4H,1H3,(H2,8,10)/b14-8-;. The number of pyridine rings is 1. The Morgan fingerprint density at radius 2 is 1.80 bits per heavy atom. The Bertz CT molecular complexity index is 1350. The largest absolute Gasteiger partial charge is 0.481 e. The van der Waals surface area contributed by atoms with Crippen molar-refractivity contribution in [3.8, 4) is 5.88 Å². The molecule has 0 atom stereocenters. The van der Waals surface area contributed by atoms with Gasteiger partial charge >= 0.3 is 5.97 Å². The number of anilines is 1. The second kappa shape index (κ2) is 10.4. The van der Waals surface area contributed by atoms with E-state index in [0.29, 0.717) is 22.7 Å². The molecule has 35 heavy (non-hydrogen) atoms. The molecule has 178 valence electrons. The lowest BCUT2D eigenvalue weighted by Gasteiger charge is -2.26. The maximum atomic E-state index is 13.3. The number of aromatic nitrogens is 1. The van der Waals surface area contributed by atoms with E-state index < -0.39 is 29.4 Å². The topological polar surface area (TPSA) is 140 Å². The molecule has 3 aromatic rings. The van der Waals surface area contributed by atoms with Gasteiger partial charge in [0.05, 0.1) is 29.5 Å². The van der Waals surface area contributed by atoms with Gasteiger partial charge in [-0.25, -0.2) is 14.2 Å². The predicted molar refractivity (Wildman–Crippen MR) is 125 cm³/mol. The van der Waals surface area contributed by atoms with Gasteiger partial charge in [0.15, 0.2) is 0 Å². The number of likely N-dealkylation sites (N-methyl/N-ethyl adjacent to an activating group) is 1. The molecule has 0 unspecified atom stereocenters. The number of Topliss-reactive ketones (excluding diaryl/α,β-unsaturated/α-hetero) is 1. The third-order valence-electron chi connectivity index (χ3n) is 5.02. The Morgan fingerprint density at radius 3 is 2.37 bits per heavy atom. The smallest absolute Gasteiger partial charge is 0.335 e. The molecule has 4 rings (SSSR count). The van der Waals surface area contributed by atoms with Gasteiger partial charge in [-0.15, -0.1) is 0 Å². The van der Waals surface area contributed by atoms with E-state index in [1.165, 1.54) is 67.7 Å². The molecule has 0 saturated carbocycles. The Labute approximate surface area is 199 Å². The van der Waals surface area contributed by atoms with Crippen molar-refractivity contribution in [1.82, 2.24) is 4.98 Å². The molecule has 0 saturated heterocycles. The van der Waals surface area contributed by atoms with Crippen LogP contribution in [0, 0.1) is 5.82 Å². The third kappa shape index (κ3) is 5.56. The summed E-state index contributed by atoms with van der Waals surface area (Å²) < 4.78 is 18.1. The zero-order valence-electron chi connectivity index (χ0n) is 18.7. The van der Waals surface area contributed by atoms with Crippen molar-refractivity contribution in [3.63, 3.8) is 0 Å². The maximum absolute atomic E-state index is 13.3. The number of fused-ring (bicyclic) bond motifs is 1. The molecule has 0 aliphatic carbocycles. The van der Waals surface area contributed by atoms with Crippen molar-refractivity contribution in [2.45, 2.75) is 0 Å². The minimum Gasteiger partial charge on any atom is -0.481 e. The molecule has 3 N–H and O–H groups in total. The Kier molecular flexibility index (Phi) is 7.35. The molecule has 2 aromatic carbocycles. The number of carbonyl (C=O) groups is 4. The van der Waals surface area contributed by atoms with E-state index in [1.54, 1.807) is 18.2 Å². The highest BCUT2D eigenvalue weighted by Gasteiger charge is 2.33. The summed E-state index contributed by atoms with van der Waals surface area (Å²) >= 11 is 0. The van der Waals surface area contributed by atoms with Crippen LogP contribution in [-0.2, 0) is 4.79 Å². The molecular formula is C25H20FN3O6. The van der Waals surface area contributed by atoms with Crippen LogP contribution in [-0.4, -0.2) is 47.8 Å². The number of carbonyl (C=O) groups excluding carboxylic acids is 3. The van der Waals surface area contributed by atoms with Crippen LogP contribution < -0.4 is 15.4 Å². The molecule has 1 aromatic heterocycles. The molecule has 0 bridgehead atoms. The minimum absolute atomic E-state index is 0.0463. The minimum atomic E-state index is -1.17. The fourth-order valence-electron chi connectivity index (χ4n) is 3.21. The van der Waals surface area contributed by atoms with Gasteiger partial charge in [-0.3, -0.25) is 14.4 Å². The Hall–Kier alpha value is -4.86. The molecule has 0 spiro atoms. The van der Waals surface area contributed by atoms with Crippen LogP contribution in [0.2, 0.25) is 0 Å². The van der Waals surface area contributed by atoms with Gasteiger partial charge in [-0.2, -0.15) is 0 Å². The summed E-state index contributed by atoms with van der Waals surface area (Å²) in [5, 5.41) is 9.07. The number of rotatable bonds is 4. The first kappa shape index (κ1) is 24.8. The van der Waals surface area contributed by atoms with Crippen molar-refractivity contribution in [1.29, 1.82) is 0 Å². The summed E-state index contributed by atoms with van der Waals surface area (Å²) in [5.74, 6) is -2.78. The summed E-state index contributed by atoms with van der Waals surface area (Å²) in [6, 6.07) is 12.6. The van der Waals surface area contributed by atoms with E-state index in [2.05, 4.69) is 4.98 Å². The van der Waals surface area contributed by atoms with Crippen molar-refractivity contribution in [3.05, 3.63) is 94.4 Å². The molecule has 0 radical (unpaired) electrons. The van der Waals surface area contributed by atoms with Gasteiger partial charge in [0.2, 0.25) is 17.6 Å². The fourth-order valence-corrected chi connectivity index (χ4v) is 3.21. The van der Waals surface area contributed by atoms with Crippen LogP contribution in [0.5, 0.6) is 5.88 Å². The van der Waals surface area contributed by atoms with Gasteiger partial charge < -0.3 is 20.5 Å². The maximum Gasteiger partial charge on any atom is 0.335 e. The Morgan fingerprint density at radius 1 is 1.09 bits per heavy atom. The van der Waals surface area contributed by atoms with Crippen LogP contribution in [0.4, 0.5) is 10.1 Å². The van der Waals surface area contributed by atoms with Gasteiger partial charge in [0.25, 0.3) is 5.91 Å². The summed E-state index contributed by atoms with van der Waals surface area (Å²) in [7, 11) is 3.00. The first-order valence-electron chi connectivity index (χ1n) is 10.1. The average molecular weight is 477 g/mol. The van der Waals surface area contributed by atoms with E-state index in [4.69, 9.17) is 15.6 Å². The molecule has 10 heteroatoms. The number of benzene rings is 2. The SMILES string of the molecule is CN1C(=O)/C(=C\c2cccc(F)c2)C(=O)c2cc(C(=O)O)ccc21.COc1ccc(C(N)=O)cn1. The first-order chi connectivity index (χ1) is 16.6. The molecular weight excluding hydrogens is 457 g/mol. The van der Waals surface area contributed by atoms with E-state index in [1.807, 2.05) is 0 Å². The number of primary amides is 1. The number of ketones is 1. The lowest BCUT2D eigenvalue weighted by molar-refractivity contribution is -0.114. The van der Waals surface area contributed by atoms with E-state index in [9.17, 15) is 23.6 Å². The first-order valence-corrected chi connectivity index (χ1v) is 10.1. The number of carboxylic acids is 1. The number of amides is 2. The number of aromatic carboxylic acids is 1. The number of halogens is 1.